The quantitative estimate of drug-likeness (QED) is 0.0198. The minimum Gasteiger partial charge on any atom is -0.459 e. The van der Waals surface area contributed by atoms with E-state index in [4.69, 9.17) is 66.8 Å². The van der Waals surface area contributed by atoms with Crippen molar-refractivity contribution in [2.45, 2.75) is 113 Å². The van der Waals surface area contributed by atoms with Gasteiger partial charge in [-0.3, -0.25) is 89.0 Å². The van der Waals surface area contributed by atoms with Crippen molar-refractivity contribution in [3.63, 3.8) is 0 Å². The summed E-state index contributed by atoms with van der Waals surface area (Å²) in [4.78, 5) is 170. The Kier molecular flexibility index (Phi) is 21.6. The fourth-order valence-electron chi connectivity index (χ4n) is 11.6. The molecule has 45 nitrogen and oxygen atoms in total. The van der Waals surface area contributed by atoms with Crippen LogP contribution in [0.3, 0.4) is 0 Å². The summed E-state index contributed by atoms with van der Waals surface area (Å²) < 4.78 is 127. The summed E-state index contributed by atoms with van der Waals surface area (Å²) >= 11 is 0. The molecule has 0 amide bonds. The Hall–Kier alpha value is -8.75. The third kappa shape index (κ3) is 17.5. The Morgan fingerprint density at radius 1 is 0.529 bits per heavy atom. The predicted octanol–water partition coefficient (Wildman–Crippen LogP) is 1.61. The van der Waals surface area contributed by atoms with Gasteiger partial charge in [-0.15, -0.1) is 0 Å². The molecule has 2 aromatic carbocycles. The molecule has 0 saturated carbocycles. The van der Waals surface area contributed by atoms with Crippen LogP contribution in [-0.2, 0) is 73.6 Å². The molecular weight excluding hydrogens is 1470 g/mol. The van der Waals surface area contributed by atoms with Crippen LogP contribution in [0.25, 0.3) is 22.3 Å². The molecule has 8 aromatic rings. The number of anilines is 3. The molecule has 0 spiro atoms. The van der Waals surface area contributed by atoms with Crippen LogP contribution in [0.4, 0.5) is 29.0 Å². The topological polar surface area (TPSA) is 614 Å². The number of hydrogen-bond acceptors (Lipinski definition) is 32. The number of fused-ring (bicyclic) bond motifs is 2. The zero-order valence-electron chi connectivity index (χ0n) is 54.5. The van der Waals surface area contributed by atoms with Gasteiger partial charge in [-0.2, -0.15) is 20.2 Å². The van der Waals surface area contributed by atoms with Crippen molar-refractivity contribution in [2.24, 2.45) is 10.2 Å². The number of carbonyl (C=O) groups excluding carboxylic acids is 1. The van der Waals surface area contributed by atoms with Gasteiger partial charge in [0.2, 0.25) is 11.9 Å². The van der Waals surface area contributed by atoms with E-state index in [2.05, 4.69) is 50.1 Å². The number of nitrogen functional groups attached to an aromatic ring is 2. The fraction of sp³-hybridized carbons (Fsp3) is 0.436. The number of aryl methyl sites for hydroxylation is 2. The number of phosphoric ester groups is 4. The first kappa shape index (κ1) is 74.9. The Bertz CT molecular complexity index is 5170. The number of ether oxygens (including phenoxy) is 5. The van der Waals surface area contributed by atoms with Crippen LogP contribution in [0.15, 0.2) is 113 Å². The SMILES string of the molecule is Cc1cn([C@H]2C[C@H](OP(=O)(O)O)[C@@H](COP(=O)(O)O[C@H]3C[C@H](n4cnc5c(=O)[nH]c(N)nc54)O[C@@H]3COP(=O)(O)O[C@H]3C[C@H](n4cnc5c(=O)[nH]c(N)nc54)O[C@@H]3COP(=O)(O)O[C@H]3C[C@H](n4cc(C)c(=O)[nH]c4=O)O[C@@H]3COC(=O)c3ccc(N=Nc4ccc(N(C)C)cc4)cc3)O2)c(=O)[nH]c1=O. The Morgan fingerprint density at radius 3 is 1.26 bits per heavy atom. The highest BCUT2D eigenvalue weighted by Crippen LogP contribution is 2.54. The molecule has 0 aliphatic carbocycles. The molecule has 104 heavy (non-hydrogen) atoms. The van der Waals surface area contributed by atoms with E-state index < -0.39 is 197 Å². The van der Waals surface area contributed by atoms with Crippen LogP contribution in [0.5, 0.6) is 0 Å². The number of esters is 1. The van der Waals surface area contributed by atoms with E-state index >= 15 is 0 Å². The number of benzene rings is 2. The maximum atomic E-state index is 14.3. The zero-order valence-corrected chi connectivity index (χ0v) is 58.1. The number of rotatable bonds is 27. The molecule has 3 unspecified atom stereocenters. The van der Waals surface area contributed by atoms with Crippen molar-refractivity contribution in [1.29, 1.82) is 0 Å². The summed E-state index contributed by atoms with van der Waals surface area (Å²) in [5, 5.41) is 8.44. The highest BCUT2D eigenvalue weighted by atomic mass is 31.2. The van der Waals surface area contributed by atoms with E-state index in [1.807, 2.05) is 31.1 Å². The number of nitrogens with one attached hydrogen (secondary N) is 4. The smallest absolute Gasteiger partial charge is 0.459 e. The zero-order chi connectivity index (χ0) is 74.5. The number of aromatic amines is 4. The molecule has 4 fully saturated rings. The standard InChI is InChI=1S/C55H65N17O28P4/c1-25-17-69(54(78)64-47(25)73)39-13-31(97-101(80,81)82)36(94-39)20-90-103(85,86)99-33-15-41(71-23-58-43-45(71)60-52(56)62-49(43)75)96-38(33)22-92-104(87,88)100-34-16-42(72-24-59-44-46(72)61-53(57)63-50(44)76)95-37(34)21-91-102(83,84)98-32-14-40(70-18-26(2)48(74)65-55(70)79)93-35(32)19-89-51(77)27-5-7-28(8-6-27)66-67-29-9-11-30(12-10-29)68(3)4/h5-12,17-18,23-24,31-42H,13-16,19-22H2,1-4H3,(H,83,84)(H,85,86)(H,87,88)(H,64,73,78)(H,65,74,79)(H2,80,81,82)(H3,56,60,62,75)(H3,57,61,63,76)/t31-,32-,33-,34-,35+,36+,37+,38+,39+,40+,41+,42+/m0/s1. The molecule has 10 heterocycles. The van der Waals surface area contributed by atoms with Crippen LogP contribution >= 0.6 is 31.3 Å². The molecule has 0 bridgehead atoms. The number of H-pyrrole nitrogens is 4. The minimum absolute atomic E-state index is 0.0385. The van der Waals surface area contributed by atoms with Crippen molar-refractivity contribution in [1.82, 2.24) is 58.1 Å². The van der Waals surface area contributed by atoms with Gasteiger partial charge in [0.25, 0.3) is 22.2 Å². The molecule has 6 aromatic heterocycles. The van der Waals surface area contributed by atoms with E-state index in [1.54, 1.807) is 12.1 Å². The summed E-state index contributed by atoms with van der Waals surface area (Å²) in [5.41, 5.74) is 7.97. The first-order valence-electron chi connectivity index (χ1n) is 31.0. The van der Waals surface area contributed by atoms with Crippen molar-refractivity contribution >= 4 is 88.5 Å². The van der Waals surface area contributed by atoms with Gasteiger partial charge in [0.05, 0.1) is 49.4 Å². The largest absolute Gasteiger partial charge is 0.472 e. The lowest BCUT2D eigenvalue weighted by molar-refractivity contribution is -0.0636. The summed E-state index contributed by atoms with van der Waals surface area (Å²) in [7, 11) is -18.0. The molecule has 4 aliphatic heterocycles. The van der Waals surface area contributed by atoms with Crippen molar-refractivity contribution in [3.05, 3.63) is 153 Å². The average molecular weight is 1540 g/mol. The van der Waals surface area contributed by atoms with Crippen molar-refractivity contribution in [2.75, 3.05) is 56.9 Å². The van der Waals surface area contributed by atoms with Crippen molar-refractivity contribution in [3.8, 4) is 0 Å². The number of nitrogens with two attached hydrogens (primary N) is 2. The molecule has 558 valence electrons. The Morgan fingerprint density at radius 2 is 0.885 bits per heavy atom. The van der Waals surface area contributed by atoms with E-state index in [-0.39, 0.29) is 50.9 Å². The monoisotopic (exact) mass is 1540 g/mol. The number of aromatic nitrogens is 12. The lowest BCUT2D eigenvalue weighted by Crippen LogP contribution is -2.33. The maximum absolute atomic E-state index is 14.3. The van der Waals surface area contributed by atoms with Crippen LogP contribution in [0.1, 0.15) is 72.1 Å². The lowest BCUT2D eigenvalue weighted by Gasteiger charge is -2.25. The van der Waals surface area contributed by atoms with Gasteiger partial charge in [0.1, 0.15) is 80.4 Å². The number of imidazole rings is 2. The van der Waals surface area contributed by atoms with Crippen LogP contribution in [0.2, 0.25) is 0 Å². The first-order chi connectivity index (χ1) is 49.1. The number of nitrogens with zero attached hydrogens (tertiary/aromatic N) is 11. The highest BCUT2D eigenvalue weighted by Gasteiger charge is 2.50. The van der Waals surface area contributed by atoms with Crippen LogP contribution in [-0.4, -0.2) is 178 Å². The second-order valence-electron chi connectivity index (χ2n) is 24.1. The van der Waals surface area contributed by atoms with Gasteiger partial charge in [-0.05, 0) is 62.4 Å². The molecule has 0 radical (unpaired) electrons. The molecular formula is C55H65N17O28P4. The third-order valence-electron chi connectivity index (χ3n) is 16.6. The molecule has 15 atom stereocenters. The predicted molar refractivity (Wildman–Crippen MR) is 352 cm³/mol. The first-order valence-corrected chi connectivity index (χ1v) is 37.0. The molecule has 4 saturated heterocycles. The average Bonchev–Trinajstić information content (AvgIpc) is 1.63. The third-order valence-corrected chi connectivity index (χ3v) is 20.2. The molecule has 4 aliphatic rings. The summed E-state index contributed by atoms with van der Waals surface area (Å²) in [6.07, 6.45) is -15.9. The summed E-state index contributed by atoms with van der Waals surface area (Å²) in [5.74, 6) is -1.62. The van der Waals surface area contributed by atoms with E-state index in [9.17, 15) is 76.3 Å². The van der Waals surface area contributed by atoms with Gasteiger partial charge in [0.15, 0.2) is 22.3 Å². The van der Waals surface area contributed by atoms with Gasteiger partial charge >= 0.3 is 48.6 Å². The Labute approximate surface area is 580 Å². The number of carbonyl (C=O) groups is 1. The van der Waals surface area contributed by atoms with Gasteiger partial charge in [0, 0.05) is 69.0 Å². The minimum atomic E-state index is -5.57. The maximum Gasteiger partial charge on any atom is 0.472 e. The fourth-order valence-corrected chi connectivity index (χ4v) is 15.0. The number of phosphoric acid groups is 4. The summed E-state index contributed by atoms with van der Waals surface area (Å²) in [6, 6.07) is 13.1. The van der Waals surface area contributed by atoms with E-state index in [0.29, 0.717) is 11.4 Å². The molecule has 49 heteroatoms. The van der Waals surface area contributed by atoms with E-state index in [0.717, 1.165) is 33.7 Å². The number of azo groups is 1. The van der Waals surface area contributed by atoms with Crippen LogP contribution < -0.4 is 50.0 Å². The number of hydrogen-bond donors (Lipinski definition) is 11. The normalized spacial score (nSPS) is 25.4. The highest BCUT2D eigenvalue weighted by molar-refractivity contribution is 7.48. The Balaban J connectivity index is 0.754. The van der Waals surface area contributed by atoms with Gasteiger partial charge in [-0.25, -0.2) is 42.6 Å². The van der Waals surface area contributed by atoms with Crippen LogP contribution in [0, 0.1) is 13.8 Å². The lowest BCUT2D eigenvalue weighted by atomic mass is 10.2. The second-order valence-corrected chi connectivity index (χ2v) is 29.5. The second kappa shape index (κ2) is 30.0. The summed E-state index contributed by atoms with van der Waals surface area (Å²) in [6.45, 7) is -1.06. The van der Waals surface area contributed by atoms with Crippen molar-refractivity contribution < 1.29 is 103 Å². The van der Waals surface area contributed by atoms with E-state index in [1.165, 1.54) is 53.4 Å². The van der Waals surface area contributed by atoms with Gasteiger partial charge in [-0.1, -0.05) is 0 Å². The molecule has 13 N–H and O–H groups in total. The van der Waals surface area contributed by atoms with Gasteiger partial charge < -0.3 is 64.5 Å². The molecule has 12 rings (SSSR count).